The Labute approximate surface area is 119 Å². The topological polar surface area (TPSA) is 66.5 Å². The van der Waals surface area contributed by atoms with Gasteiger partial charge in [0.1, 0.15) is 0 Å². The lowest BCUT2D eigenvalue weighted by Crippen LogP contribution is -2.27. The molecule has 1 fully saturated rings. The zero-order valence-corrected chi connectivity index (χ0v) is 12.2. The molecular formula is C14H18N2O3S. The first-order valence-corrected chi connectivity index (χ1v) is 8.02. The Morgan fingerprint density at radius 2 is 1.80 bits per heavy atom. The van der Waals surface area contributed by atoms with E-state index in [9.17, 15) is 13.2 Å². The summed E-state index contributed by atoms with van der Waals surface area (Å²) in [4.78, 5) is 11.6. The number of hydrogen-bond donors (Lipinski definition) is 1. The Morgan fingerprint density at radius 1 is 1.20 bits per heavy atom. The molecule has 108 valence electrons. The van der Waals surface area contributed by atoms with Crippen molar-refractivity contribution in [1.29, 1.82) is 0 Å². The fourth-order valence-electron chi connectivity index (χ4n) is 2.12. The third-order valence-corrected chi connectivity index (χ3v) is 5.06. The van der Waals surface area contributed by atoms with Crippen LogP contribution >= 0.6 is 0 Å². The summed E-state index contributed by atoms with van der Waals surface area (Å²) in [6.07, 6.45) is 4.88. The first-order chi connectivity index (χ1) is 9.54. The second-order valence-corrected chi connectivity index (χ2v) is 6.56. The van der Waals surface area contributed by atoms with Crippen LogP contribution in [-0.2, 0) is 14.8 Å². The Morgan fingerprint density at radius 3 is 2.35 bits per heavy atom. The molecule has 1 saturated heterocycles. The number of benzene rings is 1. The minimum Gasteiger partial charge on any atom is -0.323 e. The summed E-state index contributed by atoms with van der Waals surface area (Å²) in [5.74, 6) is -0.234. The molecule has 0 aliphatic carbocycles. The molecule has 1 amide bonds. The average molecular weight is 294 g/mol. The second kappa shape index (κ2) is 6.19. The van der Waals surface area contributed by atoms with E-state index in [1.807, 2.05) is 0 Å². The van der Waals surface area contributed by atoms with Gasteiger partial charge in [0, 0.05) is 18.8 Å². The van der Waals surface area contributed by atoms with Crippen LogP contribution in [0.4, 0.5) is 5.69 Å². The maximum atomic E-state index is 12.3. The maximum absolute atomic E-state index is 12.3. The summed E-state index contributed by atoms with van der Waals surface area (Å²) >= 11 is 0. The molecule has 20 heavy (non-hydrogen) atoms. The van der Waals surface area contributed by atoms with Gasteiger partial charge in [-0.05, 0) is 50.1 Å². The lowest BCUT2D eigenvalue weighted by atomic mass is 10.3. The van der Waals surface area contributed by atoms with Gasteiger partial charge in [-0.2, -0.15) is 4.31 Å². The molecule has 1 heterocycles. The van der Waals surface area contributed by atoms with Crippen molar-refractivity contribution in [3.05, 3.63) is 36.4 Å². The van der Waals surface area contributed by atoms with E-state index in [-0.39, 0.29) is 10.8 Å². The third-order valence-electron chi connectivity index (χ3n) is 3.14. The maximum Gasteiger partial charge on any atom is 0.248 e. The number of rotatable bonds is 4. The molecule has 0 saturated carbocycles. The van der Waals surface area contributed by atoms with E-state index < -0.39 is 10.0 Å². The molecule has 0 radical (unpaired) electrons. The average Bonchev–Trinajstić information content (AvgIpc) is 2.94. The fraction of sp³-hybridized carbons (Fsp3) is 0.357. The predicted molar refractivity (Wildman–Crippen MR) is 77.9 cm³/mol. The van der Waals surface area contributed by atoms with Crippen LogP contribution in [0, 0.1) is 0 Å². The Hall–Kier alpha value is -1.66. The van der Waals surface area contributed by atoms with Crippen LogP contribution < -0.4 is 5.32 Å². The van der Waals surface area contributed by atoms with E-state index in [1.54, 1.807) is 25.1 Å². The SMILES string of the molecule is C/C=C/C(=O)Nc1ccc(S(=O)(=O)N2CCCC2)cc1. The van der Waals surface area contributed by atoms with Crippen molar-refractivity contribution in [2.75, 3.05) is 18.4 Å². The number of nitrogens with zero attached hydrogens (tertiary/aromatic N) is 1. The number of anilines is 1. The number of amides is 1. The van der Waals surface area contributed by atoms with Gasteiger partial charge in [-0.1, -0.05) is 6.08 Å². The van der Waals surface area contributed by atoms with E-state index in [4.69, 9.17) is 0 Å². The van der Waals surface area contributed by atoms with Crippen molar-refractivity contribution in [3.8, 4) is 0 Å². The number of allylic oxidation sites excluding steroid dienone is 1. The molecule has 0 atom stereocenters. The molecule has 1 aromatic carbocycles. The van der Waals surface area contributed by atoms with Crippen molar-refractivity contribution >= 4 is 21.6 Å². The molecule has 2 rings (SSSR count). The highest BCUT2D eigenvalue weighted by atomic mass is 32.2. The smallest absolute Gasteiger partial charge is 0.248 e. The summed E-state index contributed by atoms with van der Waals surface area (Å²) in [6, 6.07) is 6.26. The lowest BCUT2D eigenvalue weighted by Gasteiger charge is -2.15. The standard InChI is InChI=1S/C14H18N2O3S/c1-2-5-14(17)15-12-6-8-13(9-7-12)20(18,19)16-10-3-4-11-16/h2,5-9H,3-4,10-11H2,1H3,(H,15,17)/b5-2+. The van der Waals surface area contributed by atoms with Crippen molar-refractivity contribution in [1.82, 2.24) is 4.31 Å². The van der Waals surface area contributed by atoms with Gasteiger partial charge < -0.3 is 5.32 Å². The molecule has 1 N–H and O–H groups in total. The van der Waals surface area contributed by atoms with E-state index in [0.29, 0.717) is 18.8 Å². The molecule has 6 heteroatoms. The van der Waals surface area contributed by atoms with Crippen LogP contribution in [0.3, 0.4) is 0 Å². The molecule has 0 aromatic heterocycles. The van der Waals surface area contributed by atoms with Gasteiger partial charge in [0.25, 0.3) is 0 Å². The van der Waals surface area contributed by atoms with E-state index in [0.717, 1.165) is 12.8 Å². The summed E-state index contributed by atoms with van der Waals surface area (Å²) in [6.45, 7) is 2.93. The van der Waals surface area contributed by atoms with Crippen LogP contribution in [0.25, 0.3) is 0 Å². The van der Waals surface area contributed by atoms with Gasteiger partial charge in [0.05, 0.1) is 4.90 Å². The lowest BCUT2D eigenvalue weighted by molar-refractivity contribution is -0.111. The van der Waals surface area contributed by atoms with Crippen LogP contribution in [0.1, 0.15) is 19.8 Å². The highest BCUT2D eigenvalue weighted by Crippen LogP contribution is 2.22. The molecule has 0 spiro atoms. The fourth-order valence-corrected chi connectivity index (χ4v) is 3.64. The first kappa shape index (κ1) is 14.7. The Kier molecular flexibility index (Phi) is 4.57. The van der Waals surface area contributed by atoms with E-state index in [1.165, 1.54) is 22.5 Å². The monoisotopic (exact) mass is 294 g/mol. The normalized spacial score (nSPS) is 16.6. The number of carbonyl (C=O) groups is 1. The van der Waals surface area contributed by atoms with Gasteiger partial charge in [0.15, 0.2) is 0 Å². The summed E-state index contributed by atoms with van der Waals surface area (Å²) < 4.78 is 26.1. The highest BCUT2D eigenvalue weighted by molar-refractivity contribution is 7.89. The first-order valence-electron chi connectivity index (χ1n) is 6.58. The van der Waals surface area contributed by atoms with E-state index in [2.05, 4.69) is 5.32 Å². The molecule has 5 nitrogen and oxygen atoms in total. The second-order valence-electron chi connectivity index (χ2n) is 4.62. The number of carbonyl (C=O) groups excluding carboxylic acids is 1. The van der Waals surface area contributed by atoms with Gasteiger partial charge in [-0.25, -0.2) is 8.42 Å². The van der Waals surface area contributed by atoms with Gasteiger partial charge in [-0.15, -0.1) is 0 Å². The minimum absolute atomic E-state index is 0.234. The largest absolute Gasteiger partial charge is 0.323 e. The zero-order chi connectivity index (χ0) is 14.6. The van der Waals surface area contributed by atoms with Crippen molar-refractivity contribution in [2.45, 2.75) is 24.7 Å². The molecule has 0 unspecified atom stereocenters. The van der Waals surface area contributed by atoms with Crippen LogP contribution in [0.15, 0.2) is 41.3 Å². The summed E-state index contributed by atoms with van der Waals surface area (Å²) in [7, 11) is -3.39. The van der Waals surface area contributed by atoms with Crippen LogP contribution in [0.5, 0.6) is 0 Å². The highest BCUT2D eigenvalue weighted by Gasteiger charge is 2.26. The zero-order valence-electron chi connectivity index (χ0n) is 11.4. The van der Waals surface area contributed by atoms with Gasteiger partial charge in [0.2, 0.25) is 15.9 Å². The molecular weight excluding hydrogens is 276 g/mol. The summed E-state index contributed by atoms with van der Waals surface area (Å²) in [5, 5.41) is 2.66. The quantitative estimate of drug-likeness (QED) is 0.864. The van der Waals surface area contributed by atoms with Crippen LogP contribution in [-0.4, -0.2) is 31.7 Å². The number of sulfonamides is 1. The predicted octanol–water partition coefficient (Wildman–Crippen LogP) is 1.99. The number of hydrogen-bond acceptors (Lipinski definition) is 3. The molecule has 1 aliphatic heterocycles. The van der Waals surface area contributed by atoms with Crippen molar-refractivity contribution in [3.63, 3.8) is 0 Å². The molecule has 1 aromatic rings. The Balaban J connectivity index is 2.13. The summed E-state index contributed by atoms with van der Waals surface area (Å²) in [5.41, 5.74) is 0.577. The minimum atomic E-state index is -3.39. The van der Waals surface area contributed by atoms with Gasteiger partial charge >= 0.3 is 0 Å². The number of nitrogens with one attached hydrogen (secondary N) is 1. The van der Waals surface area contributed by atoms with Crippen molar-refractivity contribution < 1.29 is 13.2 Å². The van der Waals surface area contributed by atoms with E-state index >= 15 is 0 Å². The Bertz CT molecular complexity index is 600. The third kappa shape index (κ3) is 3.26. The van der Waals surface area contributed by atoms with Crippen molar-refractivity contribution in [2.24, 2.45) is 0 Å². The van der Waals surface area contributed by atoms with Crippen LogP contribution in [0.2, 0.25) is 0 Å². The molecule has 0 bridgehead atoms. The molecule has 1 aliphatic rings. The van der Waals surface area contributed by atoms with Gasteiger partial charge in [-0.3, -0.25) is 4.79 Å².